The van der Waals surface area contributed by atoms with Crippen LogP contribution in [-0.4, -0.2) is 13.7 Å². The molecule has 0 unspecified atom stereocenters. The van der Waals surface area contributed by atoms with Crippen molar-refractivity contribution in [2.45, 2.75) is 0 Å². The molecule has 0 spiro atoms. The average Bonchev–Trinajstić information content (AvgIpc) is 3.89. The first-order valence-electron chi connectivity index (χ1n) is 18.3. The van der Waals surface area contributed by atoms with Crippen LogP contribution in [0.2, 0.25) is 0 Å². The lowest BCUT2D eigenvalue weighted by molar-refractivity contribution is 1.16. The van der Waals surface area contributed by atoms with Gasteiger partial charge in [-0.25, -0.2) is 0 Å². The molecule has 3 heterocycles. The number of benzene rings is 8. The van der Waals surface area contributed by atoms with Gasteiger partial charge in [0.25, 0.3) is 0 Å². The minimum absolute atomic E-state index is 0.595. The zero-order valence-corrected chi connectivity index (χ0v) is 29.5. The van der Waals surface area contributed by atoms with Gasteiger partial charge in [0.05, 0.1) is 61.7 Å². The van der Waals surface area contributed by atoms with E-state index in [9.17, 15) is 10.5 Å². The summed E-state index contributed by atoms with van der Waals surface area (Å²) in [6, 6.07) is 65.9. The molecule has 5 nitrogen and oxygen atoms in total. The monoisotopic (exact) mass is 699 g/mol. The van der Waals surface area contributed by atoms with E-state index in [1.165, 1.54) is 10.8 Å². The molecule has 0 fully saturated rings. The van der Waals surface area contributed by atoms with Crippen LogP contribution in [0.5, 0.6) is 0 Å². The Bertz CT molecular complexity index is 3400. The Morgan fingerprint density at radius 3 is 1.51 bits per heavy atom. The van der Waals surface area contributed by atoms with Gasteiger partial charge >= 0.3 is 0 Å². The van der Waals surface area contributed by atoms with Gasteiger partial charge in [-0.3, -0.25) is 0 Å². The highest BCUT2D eigenvalue weighted by atomic mass is 15.0. The van der Waals surface area contributed by atoms with Crippen LogP contribution in [0.3, 0.4) is 0 Å². The lowest BCUT2D eigenvalue weighted by Gasteiger charge is -2.13. The summed E-state index contributed by atoms with van der Waals surface area (Å²) in [4.78, 5) is 0. The highest BCUT2D eigenvalue weighted by Gasteiger charge is 2.21. The van der Waals surface area contributed by atoms with Crippen molar-refractivity contribution < 1.29 is 0 Å². The second kappa shape index (κ2) is 11.8. The Labute approximate surface area is 316 Å². The summed E-state index contributed by atoms with van der Waals surface area (Å²) in [6.07, 6.45) is 0. The molecule has 11 rings (SSSR count). The van der Waals surface area contributed by atoms with Crippen LogP contribution in [0.25, 0.3) is 93.6 Å². The van der Waals surface area contributed by atoms with Crippen molar-refractivity contribution in [1.82, 2.24) is 13.7 Å². The Kier molecular flexibility index (Phi) is 6.61. The van der Waals surface area contributed by atoms with Crippen LogP contribution in [0.1, 0.15) is 11.1 Å². The third kappa shape index (κ3) is 4.45. The number of nitrogens with zero attached hydrogens (tertiary/aromatic N) is 5. The SMILES string of the molecule is N#Cc1ccc2c3ccccc3n(-c3ccc(-c4ccc(-n5c6ccccc6c6c(-n7c8ccccc8c8ccccc87)cccc65)c(C#N)c4)cc3)c2c1. The van der Waals surface area contributed by atoms with Gasteiger partial charge in [0.15, 0.2) is 0 Å². The van der Waals surface area contributed by atoms with Gasteiger partial charge in [-0.1, -0.05) is 103 Å². The fourth-order valence-corrected chi connectivity index (χ4v) is 8.75. The van der Waals surface area contributed by atoms with Crippen LogP contribution in [-0.2, 0) is 0 Å². The fraction of sp³-hybridized carbons (Fsp3) is 0. The smallest absolute Gasteiger partial charge is 0.101 e. The van der Waals surface area contributed by atoms with Crippen molar-refractivity contribution in [3.63, 3.8) is 0 Å². The number of hydrogen-bond acceptors (Lipinski definition) is 2. The van der Waals surface area contributed by atoms with Crippen LogP contribution in [0, 0.1) is 22.7 Å². The van der Waals surface area contributed by atoms with Crippen LogP contribution in [0.15, 0.2) is 176 Å². The summed E-state index contributed by atoms with van der Waals surface area (Å²) in [6.45, 7) is 0. The van der Waals surface area contributed by atoms with Gasteiger partial charge in [-0.2, -0.15) is 10.5 Å². The van der Waals surface area contributed by atoms with E-state index < -0.39 is 0 Å². The molecule has 0 aliphatic heterocycles. The number of rotatable bonds is 4. The van der Waals surface area contributed by atoms with Crippen molar-refractivity contribution in [3.05, 3.63) is 187 Å². The minimum atomic E-state index is 0.595. The van der Waals surface area contributed by atoms with Gasteiger partial charge in [0.1, 0.15) is 6.07 Å². The van der Waals surface area contributed by atoms with E-state index in [2.05, 4.69) is 165 Å². The molecule has 0 aliphatic rings. The largest absolute Gasteiger partial charge is 0.309 e. The maximum absolute atomic E-state index is 10.7. The molecule has 8 aromatic carbocycles. The number of hydrogen-bond donors (Lipinski definition) is 0. The number of fused-ring (bicyclic) bond motifs is 9. The summed E-state index contributed by atoms with van der Waals surface area (Å²) in [5, 5.41) is 27.3. The molecule has 0 atom stereocenters. The standard InChI is InChI=1S/C50H29N5/c51-30-32-20-26-40-39-12-1-5-14-43(39)53(49(40)28-32)36-24-21-33(22-25-36)34-23-27-42(35(29-34)31-52)54-46-17-8-4-13-41(46)50-47(54)18-9-19-48(50)55-44-15-6-2-10-37(44)38-11-3-7-16-45(38)55/h1-29H. The van der Waals surface area contributed by atoms with Gasteiger partial charge in [-0.15, -0.1) is 0 Å². The molecule has 0 radical (unpaired) electrons. The first kappa shape index (κ1) is 30.7. The zero-order chi connectivity index (χ0) is 36.6. The summed E-state index contributed by atoms with van der Waals surface area (Å²) in [7, 11) is 0. The highest BCUT2D eigenvalue weighted by Crippen LogP contribution is 2.41. The quantitative estimate of drug-likeness (QED) is 0.184. The molecule has 55 heavy (non-hydrogen) atoms. The number of nitriles is 2. The molecule has 0 amide bonds. The summed E-state index contributed by atoms with van der Waals surface area (Å²) < 4.78 is 6.84. The molecule has 0 bridgehead atoms. The van der Waals surface area contributed by atoms with Crippen LogP contribution in [0.4, 0.5) is 0 Å². The van der Waals surface area contributed by atoms with Gasteiger partial charge in [-0.05, 0) is 83.9 Å². The minimum Gasteiger partial charge on any atom is -0.309 e. The van der Waals surface area contributed by atoms with Gasteiger partial charge < -0.3 is 13.7 Å². The Morgan fingerprint density at radius 2 is 0.873 bits per heavy atom. The van der Waals surface area contributed by atoms with Crippen LogP contribution < -0.4 is 0 Å². The van der Waals surface area contributed by atoms with E-state index in [4.69, 9.17) is 0 Å². The summed E-state index contributed by atoms with van der Waals surface area (Å²) >= 11 is 0. The molecular formula is C50H29N5. The molecule has 5 heteroatoms. The van der Waals surface area contributed by atoms with Gasteiger partial charge in [0.2, 0.25) is 0 Å². The van der Waals surface area contributed by atoms with E-state index in [1.54, 1.807) is 0 Å². The second-order valence-corrected chi connectivity index (χ2v) is 14.0. The molecule has 0 saturated carbocycles. The van der Waals surface area contributed by atoms with E-state index in [0.29, 0.717) is 11.1 Å². The fourth-order valence-electron chi connectivity index (χ4n) is 8.75. The van der Waals surface area contributed by atoms with Crippen LogP contribution >= 0.6 is 0 Å². The third-order valence-electron chi connectivity index (χ3n) is 11.1. The Hall–Kier alpha value is -7.86. The third-order valence-corrected chi connectivity index (χ3v) is 11.1. The summed E-state index contributed by atoms with van der Waals surface area (Å²) in [5.74, 6) is 0. The predicted molar refractivity (Wildman–Crippen MR) is 224 cm³/mol. The average molecular weight is 700 g/mol. The van der Waals surface area contributed by atoms with E-state index >= 15 is 0 Å². The van der Waals surface area contributed by atoms with Crippen molar-refractivity contribution in [1.29, 1.82) is 10.5 Å². The lowest BCUT2D eigenvalue weighted by atomic mass is 10.0. The Balaban J connectivity index is 1.06. The topological polar surface area (TPSA) is 62.4 Å². The summed E-state index contributed by atoms with van der Waals surface area (Å²) in [5.41, 5.74) is 12.6. The first-order chi connectivity index (χ1) is 27.2. The van der Waals surface area contributed by atoms with Crippen molar-refractivity contribution in [2.75, 3.05) is 0 Å². The van der Waals surface area contributed by atoms with Crippen molar-refractivity contribution >= 4 is 65.4 Å². The number of aromatic nitrogens is 3. The van der Waals surface area contributed by atoms with Crippen molar-refractivity contribution in [3.8, 4) is 40.3 Å². The Morgan fingerprint density at radius 1 is 0.345 bits per heavy atom. The molecule has 11 aromatic rings. The predicted octanol–water partition coefficient (Wildman–Crippen LogP) is 12.4. The van der Waals surface area contributed by atoms with E-state index in [-0.39, 0.29) is 0 Å². The van der Waals surface area contributed by atoms with Gasteiger partial charge in [0, 0.05) is 38.0 Å². The molecule has 0 N–H and O–H groups in total. The van der Waals surface area contributed by atoms with E-state index in [1.807, 2.05) is 36.4 Å². The normalized spacial score (nSPS) is 11.6. The molecule has 0 saturated heterocycles. The number of para-hydroxylation sites is 4. The molecule has 3 aromatic heterocycles. The molecular weight excluding hydrogens is 671 g/mol. The maximum Gasteiger partial charge on any atom is 0.101 e. The zero-order valence-electron chi connectivity index (χ0n) is 29.5. The second-order valence-electron chi connectivity index (χ2n) is 14.0. The maximum atomic E-state index is 10.7. The molecule has 0 aliphatic carbocycles. The molecule has 254 valence electrons. The lowest BCUT2D eigenvalue weighted by Crippen LogP contribution is -1.99. The van der Waals surface area contributed by atoms with Crippen molar-refractivity contribution in [2.24, 2.45) is 0 Å². The van der Waals surface area contributed by atoms with E-state index in [0.717, 1.165) is 82.8 Å². The first-order valence-corrected chi connectivity index (χ1v) is 18.3. The highest BCUT2D eigenvalue weighted by molar-refractivity contribution is 6.16.